The SMILES string of the molecule is COc1cncc(-c2nc(N)ccc2-c2ccncc2F)c1. The van der Waals surface area contributed by atoms with E-state index in [-0.39, 0.29) is 0 Å². The van der Waals surface area contributed by atoms with Crippen LogP contribution in [0.25, 0.3) is 22.4 Å². The predicted molar refractivity (Wildman–Crippen MR) is 81.6 cm³/mol. The lowest BCUT2D eigenvalue weighted by molar-refractivity contribution is 0.413. The van der Waals surface area contributed by atoms with Crippen molar-refractivity contribution in [1.29, 1.82) is 0 Å². The molecule has 6 heteroatoms. The molecule has 0 aliphatic rings. The van der Waals surface area contributed by atoms with Crippen molar-refractivity contribution in [3.63, 3.8) is 0 Å². The van der Waals surface area contributed by atoms with E-state index in [0.717, 1.165) is 0 Å². The Bertz CT molecular complexity index is 823. The molecule has 0 spiro atoms. The summed E-state index contributed by atoms with van der Waals surface area (Å²) in [7, 11) is 1.55. The largest absolute Gasteiger partial charge is 0.495 e. The van der Waals surface area contributed by atoms with Crippen LogP contribution in [0.4, 0.5) is 10.2 Å². The normalized spacial score (nSPS) is 10.5. The van der Waals surface area contributed by atoms with E-state index in [1.807, 2.05) is 0 Å². The Kier molecular flexibility index (Phi) is 3.65. The van der Waals surface area contributed by atoms with Gasteiger partial charge in [-0.3, -0.25) is 9.97 Å². The van der Waals surface area contributed by atoms with Crippen molar-refractivity contribution in [2.45, 2.75) is 0 Å². The van der Waals surface area contributed by atoms with Crippen molar-refractivity contribution in [3.8, 4) is 28.1 Å². The fraction of sp³-hybridized carbons (Fsp3) is 0.0625. The number of nitrogens with two attached hydrogens (primary N) is 1. The zero-order valence-electron chi connectivity index (χ0n) is 11.8. The van der Waals surface area contributed by atoms with Gasteiger partial charge in [-0.25, -0.2) is 9.37 Å². The summed E-state index contributed by atoms with van der Waals surface area (Å²) < 4.78 is 19.2. The first kappa shape index (κ1) is 13.9. The first-order valence-electron chi connectivity index (χ1n) is 6.55. The smallest absolute Gasteiger partial charge is 0.149 e. The number of pyridine rings is 3. The number of hydrogen-bond acceptors (Lipinski definition) is 5. The highest BCUT2D eigenvalue weighted by Crippen LogP contribution is 2.33. The Labute approximate surface area is 126 Å². The van der Waals surface area contributed by atoms with Crippen molar-refractivity contribution >= 4 is 5.82 Å². The number of hydrogen-bond donors (Lipinski definition) is 1. The molecule has 0 aliphatic heterocycles. The number of halogens is 1. The summed E-state index contributed by atoms with van der Waals surface area (Å²) in [6.45, 7) is 0. The highest BCUT2D eigenvalue weighted by Gasteiger charge is 2.14. The Morgan fingerprint density at radius 1 is 1.05 bits per heavy atom. The predicted octanol–water partition coefficient (Wildman–Crippen LogP) is 2.94. The van der Waals surface area contributed by atoms with Gasteiger partial charge in [0.25, 0.3) is 0 Å². The first-order chi connectivity index (χ1) is 10.7. The molecule has 110 valence electrons. The van der Waals surface area contributed by atoms with E-state index in [1.165, 1.54) is 12.4 Å². The minimum atomic E-state index is -0.425. The molecular formula is C16H13FN4O. The molecule has 3 aromatic heterocycles. The van der Waals surface area contributed by atoms with E-state index in [4.69, 9.17) is 10.5 Å². The Balaban J connectivity index is 2.23. The van der Waals surface area contributed by atoms with Crippen LogP contribution < -0.4 is 10.5 Å². The molecule has 22 heavy (non-hydrogen) atoms. The molecule has 0 unspecified atom stereocenters. The van der Waals surface area contributed by atoms with Crippen molar-refractivity contribution in [1.82, 2.24) is 15.0 Å². The Hall–Kier alpha value is -3.02. The standard InChI is InChI=1S/C16H13FN4O/c1-22-11-6-10(7-20-8-11)16-13(2-3-15(18)21-16)12-4-5-19-9-14(12)17/h2-9H,1H3,(H2,18,21). The molecule has 3 rings (SSSR count). The lowest BCUT2D eigenvalue weighted by atomic mass is 10.0. The third-order valence-corrected chi connectivity index (χ3v) is 3.20. The number of rotatable bonds is 3. The van der Waals surface area contributed by atoms with Gasteiger partial charge in [0.15, 0.2) is 0 Å². The summed E-state index contributed by atoms with van der Waals surface area (Å²) in [6.07, 6.45) is 5.91. The average molecular weight is 296 g/mol. The zero-order valence-corrected chi connectivity index (χ0v) is 11.8. The van der Waals surface area contributed by atoms with Crippen molar-refractivity contribution in [3.05, 3.63) is 54.9 Å². The molecule has 0 bridgehead atoms. The summed E-state index contributed by atoms with van der Waals surface area (Å²) in [5.41, 5.74) is 8.03. The fourth-order valence-corrected chi connectivity index (χ4v) is 2.17. The molecule has 5 nitrogen and oxygen atoms in total. The van der Waals surface area contributed by atoms with E-state index < -0.39 is 5.82 Å². The summed E-state index contributed by atoms with van der Waals surface area (Å²) >= 11 is 0. The monoisotopic (exact) mass is 296 g/mol. The second kappa shape index (κ2) is 5.77. The van der Waals surface area contributed by atoms with Gasteiger partial charge in [-0.1, -0.05) is 0 Å². The topological polar surface area (TPSA) is 73.9 Å². The Morgan fingerprint density at radius 3 is 2.68 bits per heavy atom. The van der Waals surface area contributed by atoms with Crippen LogP contribution in [0.5, 0.6) is 5.75 Å². The van der Waals surface area contributed by atoms with Gasteiger partial charge in [0, 0.05) is 29.1 Å². The average Bonchev–Trinajstić information content (AvgIpc) is 2.56. The summed E-state index contributed by atoms with van der Waals surface area (Å²) in [5.74, 6) is 0.505. The maximum atomic E-state index is 14.1. The molecule has 3 aromatic rings. The lowest BCUT2D eigenvalue weighted by Crippen LogP contribution is -1.97. The number of nitrogens with zero attached hydrogens (tertiary/aromatic N) is 3. The third kappa shape index (κ3) is 2.58. The number of nitrogen functional groups attached to an aromatic ring is 1. The summed E-state index contributed by atoms with van der Waals surface area (Å²) in [5, 5.41) is 0. The first-order valence-corrected chi connectivity index (χ1v) is 6.55. The quantitative estimate of drug-likeness (QED) is 0.804. The highest BCUT2D eigenvalue weighted by molar-refractivity contribution is 5.81. The van der Waals surface area contributed by atoms with Crippen LogP contribution >= 0.6 is 0 Å². The van der Waals surface area contributed by atoms with Crippen LogP contribution in [-0.4, -0.2) is 22.1 Å². The van der Waals surface area contributed by atoms with Crippen LogP contribution in [0.2, 0.25) is 0 Å². The third-order valence-electron chi connectivity index (χ3n) is 3.20. The van der Waals surface area contributed by atoms with Gasteiger partial charge in [0.1, 0.15) is 17.4 Å². The molecule has 0 aromatic carbocycles. The van der Waals surface area contributed by atoms with Crippen LogP contribution in [-0.2, 0) is 0 Å². The van der Waals surface area contributed by atoms with Gasteiger partial charge in [-0.2, -0.15) is 0 Å². The highest BCUT2D eigenvalue weighted by atomic mass is 19.1. The van der Waals surface area contributed by atoms with Crippen LogP contribution in [0.15, 0.2) is 49.1 Å². The van der Waals surface area contributed by atoms with E-state index in [0.29, 0.717) is 34.0 Å². The molecule has 0 fully saturated rings. The molecule has 0 saturated carbocycles. The number of methoxy groups -OCH3 is 1. The van der Waals surface area contributed by atoms with Gasteiger partial charge in [0.2, 0.25) is 0 Å². The molecule has 0 radical (unpaired) electrons. The van der Waals surface area contributed by atoms with Crippen molar-refractivity contribution in [2.75, 3.05) is 12.8 Å². The second-order valence-corrected chi connectivity index (χ2v) is 4.60. The lowest BCUT2D eigenvalue weighted by Gasteiger charge is -2.11. The maximum Gasteiger partial charge on any atom is 0.149 e. The zero-order chi connectivity index (χ0) is 15.5. The van der Waals surface area contributed by atoms with Gasteiger partial charge < -0.3 is 10.5 Å². The van der Waals surface area contributed by atoms with Gasteiger partial charge in [0.05, 0.1) is 25.2 Å². The van der Waals surface area contributed by atoms with Gasteiger partial charge in [-0.15, -0.1) is 0 Å². The number of ether oxygens (including phenoxy) is 1. The summed E-state index contributed by atoms with van der Waals surface area (Å²) in [6, 6.07) is 6.73. The fourth-order valence-electron chi connectivity index (χ4n) is 2.17. The second-order valence-electron chi connectivity index (χ2n) is 4.60. The Morgan fingerprint density at radius 2 is 1.91 bits per heavy atom. The van der Waals surface area contributed by atoms with E-state index >= 15 is 0 Å². The van der Waals surface area contributed by atoms with Crippen LogP contribution in [0.3, 0.4) is 0 Å². The molecule has 3 heterocycles. The molecule has 0 saturated heterocycles. The molecule has 0 aliphatic carbocycles. The number of anilines is 1. The van der Waals surface area contributed by atoms with Crippen molar-refractivity contribution in [2.24, 2.45) is 0 Å². The van der Waals surface area contributed by atoms with Gasteiger partial charge in [-0.05, 0) is 24.3 Å². The minimum Gasteiger partial charge on any atom is -0.495 e. The minimum absolute atomic E-state index is 0.344. The molecule has 2 N–H and O–H groups in total. The van der Waals surface area contributed by atoms with E-state index in [1.54, 1.807) is 43.8 Å². The van der Waals surface area contributed by atoms with Gasteiger partial charge >= 0.3 is 0 Å². The molecule has 0 amide bonds. The van der Waals surface area contributed by atoms with Crippen LogP contribution in [0, 0.1) is 5.82 Å². The van der Waals surface area contributed by atoms with Crippen LogP contribution in [0.1, 0.15) is 0 Å². The molecular weight excluding hydrogens is 283 g/mol. The number of aromatic nitrogens is 3. The summed E-state index contributed by atoms with van der Waals surface area (Å²) in [4.78, 5) is 12.2. The van der Waals surface area contributed by atoms with E-state index in [9.17, 15) is 4.39 Å². The van der Waals surface area contributed by atoms with Crippen molar-refractivity contribution < 1.29 is 9.13 Å². The molecule has 0 atom stereocenters. The van der Waals surface area contributed by atoms with E-state index in [2.05, 4.69) is 15.0 Å². The maximum absolute atomic E-state index is 14.1.